The molecule has 0 aromatic rings. The molecule has 2 amide bonds. The van der Waals surface area contributed by atoms with Gasteiger partial charge in [0.05, 0.1) is 6.42 Å². The molecule has 1 saturated carbocycles. The van der Waals surface area contributed by atoms with Crippen LogP contribution < -0.4 is 0 Å². The Hall–Kier alpha value is -1.26. The summed E-state index contributed by atoms with van der Waals surface area (Å²) in [6.45, 7) is 1.20. The van der Waals surface area contributed by atoms with Gasteiger partial charge in [0.2, 0.25) is 0 Å². The van der Waals surface area contributed by atoms with E-state index in [1.54, 1.807) is 4.90 Å². The van der Waals surface area contributed by atoms with Gasteiger partial charge in [-0.3, -0.25) is 4.79 Å². The number of rotatable bonds is 3. The zero-order valence-corrected chi connectivity index (χ0v) is 11.0. The largest absolute Gasteiger partial charge is 0.481 e. The number of hydrogen-bond donors (Lipinski definition) is 1. The van der Waals surface area contributed by atoms with Gasteiger partial charge in [0.1, 0.15) is 0 Å². The van der Waals surface area contributed by atoms with Crippen LogP contribution >= 0.6 is 0 Å². The molecule has 0 atom stereocenters. The molecule has 1 heterocycles. The number of likely N-dealkylation sites (tertiary alicyclic amines) is 1. The smallest absolute Gasteiger partial charge is 0.320 e. The second kappa shape index (κ2) is 5.59. The first kappa shape index (κ1) is 13.2. The predicted molar refractivity (Wildman–Crippen MR) is 67.3 cm³/mol. The third-order valence-electron chi connectivity index (χ3n) is 4.12. The van der Waals surface area contributed by atoms with Crippen molar-refractivity contribution in [3.63, 3.8) is 0 Å². The molecule has 18 heavy (non-hydrogen) atoms. The molecule has 1 saturated heterocycles. The third-order valence-corrected chi connectivity index (χ3v) is 4.12. The summed E-state index contributed by atoms with van der Waals surface area (Å²) in [5.41, 5.74) is 0. The molecular formula is C13H22N2O3. The van der Waals surface area contributed by atoms with E-state index in [0.29, 0.717) is 19.1 Å². The molecule has 102 valence electrons. The van der Waals surface area contributed by atoms with Crippen molar-refractivity contribution in [2.45, 2.75) is 44.6 Å². The number of hydrogen-bond acceptors (Lipinski definition) is 2. The van der Waals surface area contributed by atoms with Gasteiger partial charge >= 0.3 is 12.0 Å². The molecule has 2 fully saturated rings. The highest BCUT2D eigenvalue weighted by Crippen LogP contribution is 2.25. The molecule has 0 spiro atoms. The number of nitrogens with zero attached hydrogens (tertiary/aromatic N) is 2. The molecule has 1 aliphatic heterocycles. The fraction of sp³-hybridized carbons (Fsp3) is 0.846. The van der Waals surface area contributed by atoms with E-state index >= 15 is 0 Å². The fourth-order valence-electron chi connectivity index (χ4n) is 2.95. The van der Waals surface area contributed by atoms with Crippen molar-refractivity contribution in [3.8, 4) is 0 Å². The summed E-state index contributed by atoms with van der Waals surface area (Å²) < 4.78 is 0. The molecule has 0 radical (unpaired) electrons. The molecule has 0 bridgehead atoms. The summed E-state index contributed by atoms with van der Waals surface area (Å²) in [6, 6.07) is 0.452. The summed E-state index contributed by atoms with van der Waals surface area (Å²) in [7, 11) is 1.88. The first-order valence-electron chi connectivity index (χ1n) is 6.81. The standard InChI is InChI=1S/C13H22N2O3/c1-14(11-5-3-2-4-6-11)13(18)15-8-10(9-15)7-12(16)17/h10-11H,2-9H2,1H3,(H,16,17). The van der Waals surface area contributed by atoms with Crippen molar-refractivity contribution in [2.24, 2.45) is 5.92 Å². The fourth-order valence-corrected chi connectivity index (χ4v) is 2.95. The lowest BCUT2D eigenvalue weighted by Crippen LogP contribution is -2.56. The Labute approximate surface area is 108 Å². The van der Waals surface area contributed by atoms with E-state index in [9.17, 15) is 9.59 Å². The SMILES string of the molecule is CN(C(=O)N1CC(CC(=O)O)C1)C1CCCCC1. The van der Waals surface area contributed by atoms with Gasteiger partial charge < -0.3 is 14.9 Å². The van der Waals surface area contributed by atoms with Crippen LogP contribution in [0.15, 0.2) is 0 Å². The summed E-state index contributed by atoms with van der Waals surface area (Å²) in [5, 5.41) is 8.67. The molecule has 2 rings (SSSR count). The van der Waals surface area contributed by atoms with E-state index in [2.05, 4.69) is 0 Å². The van der Waals surface area contributed by atoms with Crippen LogP contribution in [0.5, 0.6) is 0 Å². The van der Waals surface area contributed by atoms with Crippen LogP contribution in [0.3, 0.4) is 0 Å². The Morgan fingerprint density at radius 1 is 1.22 bits per heavy atom. The molecule has 5 heteroatoms. The van der Waals surface area contributed by atoms with Crippen LogP contribution in [-0.4, -0.2) is 53.1 Å². The highest BCUT2D eigenvalue weighted by molar-refractivity contribution is 5.76. The van der Waals surface area contributed by atoms with Gasteiger partial charge in [0.25, 0.3) is 0 Å². The molecule has 5 nitrogen and oxygen atoms in total. The van der Waals surface area contributed by atoms with Gasteiger partial charge in [-0.05, 0) is 12.8 Å². The number of aliphatic carboxylic acids is 1. The molecule has 0 unspecified atom stereocenters. The van der Waals surface area contributed by atoms with E-state index in [0.717, 1.165) is 12.8 Å². The lowest BCUT2D eigenvalue weighted by Gasteiger charge is -2.43. The van der Waals surface area contributed by atoms with Gasteiger partial charge in [-0.1, -0.05) is 19.3 Å². The molecular weight excluding hydrogens is 232 g/mol. The van der Waals surface area contributed by atoms with Crippen molar-refractivity contribution >= 4 is 12.0 Å². The van der Waals surface area contributed by atoms with Crippen LogP contribution in [0.25, 0.3) is 0 Å². The summed E-state index contributed by atoms with van der Waals surface area (Å²) in [5.74, 6) is -0.626. The summed E-state index contributed by atoms with van der Waals surface area (Å²) >= 11 is 0. The van der Waals surface area contributed by atoms with Crippen molar-refractivity contribution in [1.82, 2.24) is 9.80 Å². The topological polar surface area (TPSA) is 60.9 Å². The monoisotopic (exact) mass is 254 g/mol. The Morgan fingerprint density at radius 2 is 1.83 bits per heavy atom. The van der Waals surface area contributed by atoms with Gasteiger partial charge in [-0.25, -0.2) is 4.79 Å². The molecule has 0 aromatic heterocycles. The highest BCUT2D eigenvalue weighted by atomic mass is 16.4. The minimum Gasteiger partial charge on any atom is -0.481 e. The zero-order valence-electron chi connectivity index (χ0n) is 11.0. The summed E-state index contributed by atoms with van der Waals surface area (Å²) in [6.07, 6.45) is 6.09. The zero-order chi connectivity index (χ0) is 13.1. The van der Waals surface area contributed by atoms with Crippen molar-refractivity contribution in [2.75, 3.05) is 20.1 Å². The molecule has 2 aliphatic rings. The van der Waals surface area contributed by atoms with Crippen LogP contribution in [0.4, 0.5) is 4.79 Å². The number of carboxylic acid groups (broad SMARTS) is 1. The van der Waals surface area contributed by atoms with Gasteiger partial charge in [-0.2, -0.15) is 0 Å². The molecule has 1 N–H and O–H groups in total. The number of urea groups is 1. The highest BCUT2D eigenvalue weighted by Gasteiger charge is 2.35. The van der Waals surface area contributed by atoms with E-state index in [1.165, 1.54) is 19.3 Å². The number of carboxylic acids is 1. The van der Waals surface area contributed by atoms with Gasteiger partial charge in [0.15, 0.2) is 0 Å². The Bertz CT molecular complexity index is 320. The van der Waals surface area contributed by atoms with Crippen LogP contribution in [0.2, 0.25) is 0 Å². The van der Waals surface area contributed by atoms with E-state index in [1.807, 2.05) is 11.9 Å². The Balaban J connectivity index is 1.76. The maximum Gasteiger partial charge on any atom is 0.320 e. The first-order chi connectivity index (χ1) is 8.58. The lowest BCUT2D eigenvalue weighted by atomic mass is 9.94. The first-order valence-corrected chi connectivity index (χ1v) is 6.81. The number of carbonyl (C=O) groups is 2. The Kier molecular flexibility index (Phi) is 4.09. The minimum atomic E-state index is -0.771. The minimum absolute atomic E-state index is 0.0727. The van der Waals surface area contributed by atoms with Crippen LogP contribution in [0.1, 0.15) is 38.5 Å². The van der Waals surface area contributed by atoms with E-state index in [4.69, 9.17) is 5.11 Å². The van der Waals surface area contributed by atoms with Crippen molar-refractivity contribution < 1.29 is 14.7 Å². The Morgan fingerprint density at radius 3 is 2.39 bits per heavy atom. The maximum atomic E-state index is 12.2. The average Bonchev–Trinajstić information content (AvgIpc) is 2.32. The maximum absolute atomic E-state index is 12.2. The molecule has 0 aromatic carbocycles. The normalized spacial score (nSPS) is 21.5. The summed E-state index contributed by atoms with van der Waals surface area (Å²) in [4.78, 5) is 26.3. The third kappa shape index (κ3) is 2.94. The van der Waals surface area contributed by atoms with Gasteiger partial charge in [-0.15, -0.1) is 0 Å². The van der Waals surface area contributed by atoms with Crippen LogP contribution in [0, 0.1) is 5.92 Å². The predicted octanol–water partition coefficient (Wildman–Crippen LogP) is 1.78. The van der Waals surface area contributed by atoms with Crippen molar-refractivity contribution in [1.29, 1.82) is 0 Å². The van der Waals surface area contributed by atoms with Crippen LogP contribution in [-0.2, 0) is 4.79 Å². The van der Waals surface area contributed by atoms with Crippen molar-refractivity contribution in [3.05, 3.63) is 0 Å². The van der Waals surface area contributed by atoms with Gasteiger partial charge in [0, 0.05) is 32.1 Å². The second-order valence-corrected chi connectivity index (χ2v) is 5.55. The van der Waals surface area contributed by atoms with E-state index in [-0.39, 0.29) is 18.4 Å². The average molecular weight is 254 g/mol. The second-order valence-electron chi connectivity index (χ2n) is 5.55. The number of carbonyl (C=O) groups excluding carboxylic acids is 1. The number of amides is 2. The lowest BCUT2D eigenvalue weighted by molar-refractivity contribution is -0.139. The molecule has 1 aliphatic carbocycles. The van der Waals surface area contributed by atoms with E-state index < -0.39 is 5.97 Å². The quantitative estimate of drug-likeness (QED) is 0.835.